The molecule has 0 aliphatic carbocycles. The van der Waals surface area contributed by atoms with Crippen LogP contribution >= 0.6 is 11.8 Å². The summed E-state index contributed by atoms with van der Waals surface area (Å²) in [6, 6.07) is 3.98. The zero-order chi connectivity index (χ0) is 9.10. The Morgan fingerprint density at radius 1 is 1.46 bits per heavy atom. The Hall–Kier alpha value is -1.09. The highest BCUT2D eigenvalue weighted by Crippen LogP contribution is 2.22. The summed E-state index contributed by atoms with van der Waals surface area (Å²) in [6.07, 6.45) is 7.85. The normalized spacial score (nSPS) is 15.5. The Bertz CT molecular complexity index is 354. The van der Waals surface area contributed by atoms with Crippen molar-refractivity contribution in [2.45, 2.75) is 0 Å². The van der Waals surface area contributed by atoms with Crippen LogP contribution in [0, 0.1) is 0 Å². The summed E-state index contributed by atoms with van der Waals surface area (Å²) in [5, 5.41) is 0. The van der Waals surface area contributed by atoms with Gasteiger partial charge >= 0.3 is 0 Å². The van der Waals surface area contributed by atoms with Crippen molar-refractivity contribution in [3.63, 3.8) is 0 Å². The zero-order valence-electron chi connectivity index (χ0n) is 7.40. The number of thioether (sulfide) groups is 1. The summed E-state index contributed by atoms with van der Waals surface area (Å²) in [4.78, 5) is 9.76. The Balaban J connectivity index is 2.33. The lowest BCUT2D eigenvalue weighted by Crippen LogP contribution is -1.99. The molecule has 0 saturated heterocycles. The minimum atomic E-state index is 0.806. The van der Waals surface area contributed by atoms with Gasteiger partial charge in [-0.05, 0) is 24.5 Å². The van der Waals surface area contributed by atoms with Gasteiger partial charge in [-0.25, -0.2) is 0 Å². The smallest absolute Gasteiger partial charge is 0.0799 e. The third kappa shape index (κ3) is 1.65. The summed E-state index contributed by atoms with van der Waals surface area (Å²) in [7, 11) is 0. The molecule has 0 atom stereocenters. The zero-order valence-corrected chi connectivity index (χ0v) is 8.21. The minimum Gasteiger partial charge on any atom is -0.279 e. The third-order valence-electron chi connectivity index (χ3n) is 1.91. The number of pyridine rings is 1. The number of rotatable bonds is 2. The number of nitrogens with zero attached hydrogens (tertiary/aromatic N) is 2. The molecule has 3 heteroatoms. The average Bonchev–Trinajstić information content (AvgIpc) is 2.67. The molecular weight excluding hydrogens is 180 g/mol. The summed E-state index contributed by atoms with van der Waals surface area (Å²) in [5.41, 5.74) is 2.20. The van der Waals surface area contributed by atoms with Crippen LogP contribution in [0.5, 0.6) is 0 Å². The first-order chi connectivity index (χ1) is 6.42. The molecule has 0 aromatic carbocycles. The van der Waals surface area contributed by atoms with Gasteiger partial charge in [0, 0.05) is 22.9 Å². The summed E-state index contributed by atoms with van der Waals surface area (Å²) in [5.74, 6) is 0. The monoisotopic (exact) mass is 190 g/mol. The molecule has 1 aliphatic heterocycles. The van der Waals surface area contributed by atoms with Crippen LogP contribution in [0.15, 0.2) is 40.5 Å². The second kappa shape index (κ2) is 3.75. The van der Waals surface area contributed by atoms with Crippen LogP contribution < -0.4 is 0 Å². The van der Waals surface area contributed by atoms with Gasteiger partial charge < -0.3 is 0 Å². The van der Waals surface area contributed by atoms with Gasteiger partial charge in [0.2, 0.25) is 0 Å². The van der Waals surface area contributed by atoms with Crippen molar-refractivity contribution in [3.05, 3.63) is 41.1 Å². The molecule has 2 heterocycles. The number of allylic oxidation sites excluding steroid dienone is 1. The summed E-state index contributed by atoms with van der Waals surface area (Å²) < 4.78 is 0. The molecule has 66 valence electrons. The second-order valence-corrected chi connectivity index (χ2v) is 3.55. The predicted octanol–water partition coefficient (Wildman–Crippen LogP) is 2.13. The first kappa shape index (κ1) is 8.51. The summed E-state index contributed by atoms with van der Waals surface area (Å²) in [6.45, 7) is 0.806. The van der Waals surface area contributed by atoms with E-state index in [-0.39, 0.29) is 0 Å². The lowest BCUT2D eigenvalue weighted by molar-refractivity contribution is 1.27. The second-order valence-electron chi connectivity index (χ2n) is 2.70. The topological polar surface area (TPSA) is 25.2 Å². The number of aromatic nitrogens is 1. The van der Waals surface area contributed by atoms with E-state index in [4.69, 9.17) is 0 Å². The molecule has 0 unspecified atom stereocenters. The van der Waals surface area contributed by atoms with Crippen molar-refractivity contribution in [3.8, 4) is 0 Å². The number of hydrogen-bond acceptors (Lipinski definition) is 3. The van der Waals surface area contributed by atoms with E-state index in [0.717, 1.165) is 17.8 Å². The maximum atomic E-state index is 4.42. The Kier molecular flexibility index (Phi) is 2.45. The molecule has 2 nitrogen and oxygen atoms in total. The molecule has 0 spiro atoms. The van der Waals surface area contributed by atoms with Gasteiger partial charge in [0.25, 0.3) is 0 Å². The van der Waals surface area contributed by atoms with Crippen LogP contribution in [0.25, 0.3) is 0 Å². The van der Waals surface area contributed by atoms with Crippen LogP contribution in [-0.2, 0) is 0 Å². The molecule has 1 aliphatic rings. The van der Waals surface area contributed by atoms with Crippen LogP contribution in [0.1, 0.15) is 5.56 Å². The lowest BCUT2D eigenvalue weighted by Gasteiger charge is -2.02. The van der Waals surface area contributed by atoms with Gasteiger partial charge in [-0.3, -0.25) is 9.98 Å². The van der Waals surface area contributed by atoms with Crippen molar-refractivity contribution in [2.75, 3.05) is 12.8 Å². The molecule has 13 heavy (non-hydrogen) atoms. The Labute approximate surface area is 81.8 Å². The van der Waals surface area contributed by atoms with E-state index in [0.29, 0.717) is 0 Å². The highest BCUT2D eigenvalue weighted by molar-refractivity contribution is 8.03. The van der Waals surface area contributed by atoms with E-state index in [2.05, 4.69) is 22.3 Å². The van der Waals surface area contributed by atoms with Gasteiger partial charge in [0.15, 0.2) is 0 Å². The standard InChI is InChI=1S/C10H10N2S/c1-13-9-4-6-12-10(9)8-3-2-5-11-7-8/h2-5,7H,6H2,1H3. The van der Waals surface area contributed by atoms with Crippen molar-refractivity contribution >= 4 is 17.5 Å². The number of aliphatic imine (C=N–C) groups is 1. The van der Waals surface area contributed by atoms with Crippen LogP contribution in [-0.4, -0.2) is 23.5 Å². The molecule has 1 aromatic rings. The van der Waals surface area contributed by atoms with Gasteiger partial charge in [-0.2, -0.15) is 0 Å². The fourth-order valence-corrected chi connectivity index (χ4v) is 1.93. The van der Waals surface area contributed by atoms with Gasteiger partial charge in [0.1, 0.15) is 0 Å². The van der Waals surface area contributed by atoms with Crippen LogP contribution in [0.4, 0.5) is 0 Å². The molecule has 0 N–H and O–H groups in total. The van der Waals surface area contributed by atoms with Crippen LogP contribution in [0.3, 0.4) is 0 Å². The summed E-state index contributed by atoms with van der Waals surface area (Å²) >= 11 is 1.74. The predicted molar refractivity (Wildman–Crippen MR) is 57.2 cm³/mol. The fraction of sp³-hybridized carbons (Fsp3) is 0.200. The molecule has 0 saturated carbocycles. The largest absolute Gasteiger partial charge is 0.279 e. The van der Waals surface area contributed by atoms with E-state index in [1.807, 2.05) is 18.3 Å². The molecular formula is C10H10N2S. The van der Waals surface area contributed by atoms with E-state index in [1.54, 1.807) is 18.0 Å². The average molecular weight is 190 g/mol. The van der Waals surface area contributed by atoms with Crippen molar-refractivity contribution in [1.82, 2.24) is 4.98 Å². The van der Waals surface area contributed by atoms with Crippen molar-refractivity contribution in [1.29, 1.82) is 0 Å². The van der Waals surface area contributed by atoms with E-state index >= 15 is 0 Å². The van der Waals surface area contributed by atoms with Crippen molar-refractivity contribution in [2.24, 2.45) is 4.99 Å². The number of hydrogen-bond donors (Lipinski definition) is 0. The molecule has 0 fully saturated rings. The maximum absolute atomic E-state index is 4.42. The van der Waals surface area contributed by atoms with E-state index < -0.39 is 0 Å². The van der Waals surface area contributed by atoms with Gasteiger partial charge in [0.05, 0.1) is 12.3 Å². The first-order valence-corrected chi connectivity index (χ1v) is 5.33. The quantitative estimate of drug-likeness (QED) is 0.713. The highest BCUT2D eigenvalue weighted by Gasteiger charge is 2.12. The van der Waals surface area contributed by atoms with Gasteiger partial charge in [-0.15, -0.1) is 11.8 Å². The Morgan fingerprint density at radius 2 is 2.38 bits per heavy atom. The maximum Gasteiger partial charge on any atom is 0.0799 e. The van der Waals surface area contributed by atoms with Gasteiger partial charge in [-0.1, -0.05) is 0 Å². The first-order valence-electron chi connectivity index (χ1n) is 4.11. The molecule has 0 amide bonds. The molecule has 2 rings (SSSR count). The van der Waals surface area contributed by atoms with Crippen molar-refractivity contribution < 1.29 is 0 Å². The highest BCUT2D eigenvalue weighted by atomic mass is 32.2. The lowest BCUT2D eigenvalue weighted by atomic mass is 10.2. The fourth-order valence-electron chi connectivity index (χ4n) is 1.31. The third-order valence-corrected chi connectivity index (χ3v) is 2.71. The van der Waals surface area contributed by atoms with E-state index in [9.17, 15) is 0 Å². The molecule has 0 radical (unpaired) electrons. The molecule has 0 bridgehead atoms. The SMILES string of the molecule is CSC1=CCN=C1c1cccnc1. The van der Waals surface area contributed by atoms with Crippen LogP contribution in [0.2, 0.25) is 0 Å². The van der Waals surface area contributed by atoms with E-state index in [1.165, 1.54) is 4.91 Å². The molecule has 1 aromatic heterocycles. The minimum absolute atomic E-state index is 0.806. The Morgan fingerprint density at radius 3 is 3.08 bits per heavy atom.